The van der Waals surface area contributed by atoms with Crippen molar-refractivity contribution in [3.8, 4) is 5.75 Å². The lowest BCUT2D eigenvalue weighted by atomic mass is 9.98. The standard InChI is InChI=1S/C23H23ClN2O4S/c1-30-20-11-7-18(8-12-20)23(17-5-3-2-4-6-17)26-22(27)15-16-25-31(28,29)21-13-9-19(24)10-14-21/h2-14,23,25H,15-16H2,1H3,(H,26,27). The predicted molar refractivity (Wildman–Crippen MR) is 121 cm³/mol. The summed E-state index contributed by atoms with van der Waals surface area (Å²) in [4.78, 5) is 12.7. The molecule has 162 valence electrons. The third-order valence-corrected chi connectivity index (χ3v) is 6.38. The average molecular weight is 459 g/mol. The molecule has 0 spiro atoms. The molecule has 6 nitrogen and oxygen atoms in total. The number of rotatable bonds is 9. The molecule has 31 heavy (non-hydrogen) atoms. The summed E-state index contributed by atoms with van der Waals surface area (Å²) in [5.74, 6) is 0.446. The maximum Gasteiger partial charge on any atom is 0.240 e. The largest absolute Gasteiger partial charge is 0.497 e. The van der Waals surface area contributed by atoms with Gasteiger partial charge in [-0.3, -0.25) is 4.79 Å². The Morgan fingerprint density at radius 2 is 1.55 bits per heavy atom. The fourth-order valence-electron chi connectivity index (χ4n) is 3.03. The zero-order valence-corrected chi connectivity index (χ0v) is 18.5. The molecule has 3 aromatic carbocycles. The molecule has 0 aliphatic rings. The van der Waals surface area contributed by atoms with Gasteiger partial charge in [0.2, 0.25) is 15.9 Å². The molecule has 2 N–H and O–H groups in total. The SMILES string of the molecule is COc1ccc(C(NC(=O)CCNS(=O)(=O)c2ccc(Cl)cc2)c2ccccc2)cc1. The van der Waals surface area contributed by atoms with Gasteiger partial charge in [0, 0.05) is 18.0 Å². The fraction of sp³-hybridized carbons (Fsp3) is 0.174. The Hall–Kier alpha value is -2.87. The van der Waals surface area contributed by atoms with Gasteiger partial charge in [0.05, 0.1) is 18.0 Å². The van der Waals surface area contributed by atoms with Gasteiger partial charge in [-0.2, -0.15) is 0 Å². The number of nitrogens with one attached hydrogen (secondary N) is 2. The van der Waals surface area contributed by atoms with Crippen molar-refractivity contribution in [1.82, 2.24) is 10.0 Å². The summed E-state index contributed by atoms with van der Waals surface area (Å²) >= 11 is 5.80. The molecular formula is C23H23ClN2O4S. The minimum Gasteiger partial charge on any atom is -0.497 e. The van der Waals surface area contributed by atoms with Gasteiger partial charge in [0.1, 0.15) is 5.75 Å². The highest BCUT2D eigenvalue weighted by Crippen LogP contribution is 2.24. The Bertz CT molecular complexity index is 1100. The zero-order chi connectivity index (χ0) is 22.3. The van der Waals surface area contributed by atoms with E-state index < -0.39 is 10.0 Å². The minimum absolute atomic E-state index is 0.00763. The van der Waals surface area contributed by atoms with E-state index in [1.54, 1.807) is 7.11 Å². The van der Waals surface area contributed by atoms with E-state index in [9.17, 15) is 13.2 Å². The van der Waals surface area contributed by atoms with Crippen molar-refractivity contribution < 1.29 is 17.9 Å². The second-order valence-corrected chi connectivity index (χ2v) is 8.99. The van der Waals surface area contributed by atoms with E-state index in [1.165, 1.54) is 24.3 Å². The molecule has 0 bridgehead atoms. The van der Waals surface area contributed by atoms with Crippen LogP contribution in [0.1, 0.15) is 23.6 Å². The number of benzene rings is 3. The molecule has 0 saturated carbocycles. The first-order chi connectivity index (χ1) is 14.9. The maximum absolute atomic E-state index is 12.6. The molecule has 0 heterocycles. The van der Waals surface area contributed by atoms with E-state index in [0.717, 1.165) is 16.9 Å². The van der Waals surface area contributed by atoms with Crippen LogP contribution in [0.4, 0.5) is 0 Å². The van der Waals surface area contributed by atoms with Gasteiger partial charge >= 0.3 is 0 Å². The van der Waals surface area contributed by atoms with Gasteiger partial charge in [-0.05, 0) is 47.5 Å². The molecule has 0 aliphatic heterocycles. The summed E-state index contributed by atoms with van der Waals surface area (Å²) in [6, 6.07) is 22.5. The van der Waals surface area contributed by atoms with Crippen molar-refractivity contribution in [3.63, 3.8) is 0 Å². The molecule has 0 radical (unpaired) electrons. The smallest absolute Gasteiger partial charge is 0.240 e. The van der Waals surface area contributed by atoms with Crippen LogP contribution in [0.5, 0.6) is 5.75 Å². The summed E-state index contributed by atoms with van der Waals surface area (Å²) < 4.78 is 32.4. The number of halogens is 1. The number of methoxy groups -OCH3 is 1. The molecule has 1 amide bonds. The molecule has 1 atom stereocenters. The fourth-order valence-corrected chi connectivity index (χ4v) is 4.19. The third kappa shape index (κ3) is 6.30. The van der Waals surface area contributed by atoms with E-state index in [4.69, 9.17) is 16.3 Å². The monoisotopic (exact) mass is 458 g/mol. The Morgan fingerprint density at radius 1 is 0.935 bits per heavy atom. The Kier molecular flexibility index (Phi) is 7.68. The first-order valence-corrected chi connectivity index (χ1v) is 11.5. The van der Waals surface area contributed by atoms with Crippen LogP contribution in [-0.2, 0) is 14.8 Å². The number of carbonyl (C=O) groups excluding carboxylic acids is 1. The van der Waals surface area contributed by atoms with E-state index in [2.05, 4.69) is 10.0 Å². The van der Waals surface area contributed by atoms with Gasteiger partial charge in [-0.25, -0.2) is 13.1 Å². The molecule has 3 rings (SSSR count). The van der Waals surface area contributed by atoms with Crippen LogP contribution in [-0.4, -0.2) is 28.0 Å². The number of ether oxygens (including phenoxy) is 1. The van der Waals surface area contributed by atoms with Gasteiger partial charge < -0.3 is 10.1 Å². The number of hydrogen-bond donors (Lipinski definition) is 2. The Balaban J connectivity index is 1.65. The number of amides is 1. The van der Waals surface area contributed by atoms with Crippen molar-refractivity contribution >= 4 is 27.5 Å². The van der Waals surface area contributed by atoms with E-state index in [1.807, 2.05) is 54.6 Å². The van der Waals surface area contributed by atoms with Crippen molar-refractivity contribution in [2.24, 2.45) is 0 Å². The van der Waals surface area contributed by atoms with Gasteiger partial charge in [0.25, 0.3) is 0 Å². The second kappa shape index (κ2) is 10.4. The third-order valence-electron chi connectivity index (χ3n) is 4.66. The van der Waals surface area contributed by atoms with Crippen LogP contribution in [0.25, 0.3) is 0 Å². The molecule has 1 unspecified atom stereocenters. The normalized spacial score (nSPS) is 12.2. The van der Waals surface area contributed by atoms with Gasteiger partial charge in [0.15, 0.2) is 0 Å². The van der Waals surface area contributed by atoms with E-state index >= 15 is 0 Å². The lowest BCUT2D eigenvalue weighted by Gasteiger charge is -2.20. The van der Waals surface area contributed by atoms with Crippen LogP contribution >= 0.6 is 11.6 Å². The number of sulfonamides is 1. The first-order valence-electron chi connectivity index (χ1n) is 9.62. The summed E-state index contributed by atoms with van der Waals surface area (Å²) in [6.45, 7) is -0.0269. The number of hydrogen-bond acceptors (Lipinski definition) is 4. The molecule has 0 fully saturated rings. The topological polar surface area (TPSA) is 84.5 Å². The van der Waals surface area contributed by atoms with Crippen LogP contribution < -0.4 is 14.8 Å². The highest BCUT2D eigenvalue weighted by molar-refractivity contribution is 7.89. The highest BCUT2D eigenvalue weighted by Gasteiger charge is 2.18. The molecule has 8 heteroatoms. The lowest BCUT2D eigenvalue weighted by molar-refractivity contribution is -0.121. The summed E-state index contributed by atoms with van der Waals surface area (Å²) in [5, 5.41) is 3.44. The Labute approximate surface area is 187 Å². The maximum atomic E-state index is 12.6. The summed E-state index contributed by atoms with van der Waals surface area (Å²) in [5.41, 5.74) is 1.81. The quantitative estimate of drug-likeness (QED) is 0.509. The molecule has 3 aromatic rings. The molecule has 0 aliphatic carbocycles. The van der Waals surface area contributed by atoms with E-state index in [0.29, 0.717) is 5.02 Å². The van der Waals surface area contributed by atoms with Crippen molar-refractivity contribution in [3.05, 3.63) is 95.0 Å². The van der Waals surface area contributed by atoms with Crippen LogP contribution in [0, 0.1) is 0 Å². The number of carbonyl (C=O) groups is 1. The average Bonchev–Trinajstić information content (AvgIpc) is 2.78. The van der Waals surface area contributed by atoms with Crippen molar-refractivity contribution in [1.29, 1.82) is 0 Å². The van der Waals surface area contributed by atoms with Gasteiger partial charge in [-0.1, -0.05) is 54.1 Å². The molecule has 0 saturated heterocycles. The Morgan fingerprint density at radius 3 is 2.16 bits per heavy atom. The zero-order valence-electron chi connectivity index (χ0n) is 16.9. The van der Waals surface area contributed by atoms with E-state index in [-0.39, 0.29) is 29.8 Å². The van der Waals surface area contributed by atoms with Crippen LogP contribution in [0.15, 0.2) is 83.8 Å². The summed E-state index contributed by atoms with van der Waals surface area (Å²) in [7, 11) is -2.12. The lowest BCUT2D eigenvalue weighted by Crippen LogP contribution is -2.33. The molecule has 0 aromatic heterocycles. The van der Waals surface area contributed by atoms with Gasteiger partial charge in [-0.15, -0.1) is 0 Å². The van der Waals surface area contributed by atoms with Crippen LogP contribution in [0.2, 0.25) is 5.02 Å². The highest BCUT2D eigenvalue weighted by atomic mass is 35.5. The van der Waals surface area contributed by atoms with Crippen molar-refractivity contribution in [2.75, 3.05) is 13.7 Å². The molecular weight excluding hydrogens is 436 g/mol. The predicted octanol–water partition coefficient (Wildman–Crippen LogP) is 3.92. The van der Waals surface area contributed by atoms with Crippen LogP contribution in [0.3, 0.4) is 0 Å². The second-order valence-electron chi connectivity index (χ2n) is 6.79. The van der Waals surface area contributed by atoms with Crippen molar-refractivity contribution in [2.45, 2.75) is 17.4 Å². The summed E-state index contributed by atoms with van der Waals surface area (Å²) in [6.07, 6.45) is -0.00763. The minimum atomic E-state index is -3.72. The first kappa shape index (κ1) is 22.8.